The Hall–Kier alpha value is -1.03. The van der Waals surface area contributed by atoms with Crippen molar-refractivity contribution >= 4 is 18.6 Å². The molecule has 64 valence electrons. The molecule has 0 spiro atoms. The van der Waals surface area contributed by atoms with E-state index in [4.69, 9.17) is 5.11 Å². The molecular weight excluding hydrogens is 174 g/mol. The van der Waals surface area contributed by atoms with Gasteiger partial charge >= 0.3 is 5.97 Å². The molecule has 0 aromatic carbocycles. The molecule has 1 N–H and O–H groups in total. The average Bonchev–Trinajstić information content (AvgIpc) is 2.05. The van der Waals surface area contributed by atoms with Crippen LogP contribution in [0.3, 0.4) is 0 Å². The van der Waals surface area contributed by atoms with Gasteiger partial charge in [0.25, 0.3) is 0 Å². The average molecular weight is 183 g/mol. The molecule has 0 radical (unpaired) electrons. The Morgan fingerprint density at radius 3 is 3.00 bits per heavy atom. The number of rotatable bonds is 3. The number of hydrogen-bond acceptors (Lipinski definition) is 3. The van der Waals surface area contributed by atoms with Crippen molar-refractivity contribution < 1.29 is 9.90 Å². The minimum Gasteiger partial charge on any atom is -0.478 e. The lowest BCUT2D eigenvalue weighted by Gasteiger charge is -2.01. The fourth-order valence-corrected chi connectivity index (χ4v) is 1.20. The fourth-order valence-electron chi connectivity index (χ4n) is 0.954. The summed E-state index contributed by atoms with van der Waals surface area (Å²) in [5.41, 5.74) is 1.05. The highest BCUT2D eigenvalue weighted by Gasteiger charge is 2.07. The number of pyridine rings is 1. The quantitative estimate of drug-likeness (QED) is 0.693. The number of carboxylic acids is 1. The van der Waals surface area contributed by atoms with E-state index in [1.165, 1.54) is 6.20 Å². The van der Waals surface area contributed by atoms with Gasteiger partial charge in [0.2, 0.25) is 0 Å². The van der Waals surface area contributed by atoms with E-state index in [0.29, 0.717) is 12.2 Å². The number of nitrogens with zero attached hydrogens (tertiary/aromatic N) is 1. The van der Waals surface area contributed by atoms with Gasteiger partial charge in [-0.25, -0.2) is 4.79 Å². The number of carbonyl (C=O) groups is 1. The molecular formula is C8H9NO2S. The maximum Gasteiger partial charge on any atom is 0.337 e. The van der Waals surface area contributed by atoms with E-state index < -0.39 is 5.97 Å². The summed E-state index contributed by atoms with van der Waals surface area (Å²) >= 11 is 4.03. The van der Waals surface area contributed by atoms with Gasteiger partial charge in [0.05, 0.1) is 5.56 Å². The minimum absolute atomic E-state index is 0.270. The number of carboxylic acid groups (broad SMARTS) is 1. The van der Waals surface area contributed by atoms with Crippen molar-refractivity contribution in [2.75, 3.05) is 5.75 Å². The molecule has 1 heterocycles. The Bertz CT molecular complexity index is 288. The highest BCUT2D eigenvalue weighted by molar-refractivity contribution is 7.80. The summed E-state index contributed by atoms with van der Waals surface area (Å²) in [4.78, 5) is 14.4. The van der Waals surface area contributed by atoms with Gasteiger partial charge < -0.3 is 5.11 Å². The third-order valence-electron chi connectivity index (χ3n) is 1.52. The maximum atomic E-state index is 10.6. The monoisotopic (exact) mass is 183 g/mol. The summed E-state index contributed by atoms with van der Waals surface area (Å²) in [7, 11) is 0. The van der Waals surface area contributed by atoms with Crippen molar-refractivity contribution in [2.24, 2.45) is 0 Å². The molecule has 0 saturated heterocycles. The van der Waals surface area contributed by atoms with Gasteiger partial charge in [-0.1, -0.05) is 0 Å². The van der Waals surface area contributed by atoms with E-state index in [1.807, 2.05) is 0 Å². The van der Waals surface area contributed by atoms with Gasteiger partial charge in [0.15, 0.2) is 0 Å². The summed E-state index contributed by atoms with van der Waals surface area (Å²) in [6, 6.07) is 1.71. The molecule has 12 heavy (non-hydrogen) atoms. The normalized spacial score (nSPS) is 9.75. The predicted octanol–water partition coefficient (Wildman–Crippen LogP) is 1.25. The van der Waals surface area contributed by atoms with Crippen molar-refractivity contribution in [1.82, 2.24) is 4.98 Å². The molecule has 0 atom stereocenters. The second-order valence-electron chi connectivity index (χ2n) is 2.31. The van der Waals surface area contributed by atoms with Crippen LogP contribution in [0.25, 0.3) is 0 Å². The first-order valence-electron chi connectivity index (χ1n) is 3.52. The van der Waals surface area contributed by atoms with Gasteiger partial charge in [-0.2, -0.15) is 12.6 Å². The Balaban J connectivity index is 3.00. The molecule has 0 unspecified atom stereocenters. The lowest BCUT2D eigenvalue weighted by molar-refractivity contribution is 0.0695. The highest BCUT2D eigenvalue weighted by Crippen LogP contribution is 2.07. The summed E-state index contributed by atoms with van der Waals surface area (Å²) in [6.45, 7) is 0. The number of hydrogen-bond donors (Lipinski definition) is 2. The molecule has 1 aromatic rings. The van der Waals surface area contributed by atoms with Crippen LogP contribution >= 0.6 is 12.6 Å². The molecule has 0 aliphatic heterocycles. The summed E-state index contributed by atoms with van der Waals surface area (Å²) in [5, 5.41) is 8.73. The molecule has 1 rings (SSSR count). The third kappa shape index (κ3) is 1.98. The largest absolute Gasteiger partial charge is 0.478 e. The first-order chi connectivity index (χ1) is 5.75. The van der Waals surface area contributed by atoms with Gasteiger partial charge in [-0.15, -0.1) is 0 Å². The van der Waals surface area contributed by atoms with Crippen LogP contribution in [-0.4, -0.2) is 21.8 Å². The topological polar surface area (TPSA) is 50.2 Å². The maximum absolute atomic E-state index is 10.6. The second kappa shape index (κ2) is 4.11. The summed E-state index contributed by atoms with van der Waals surface area (Å²) in [6.07, 6.45) is 3.61. The van der Waals surface area contributed by atoms with Gasteiger partial charge in [-0.05, 0) is 23.8 Å². The molecule has 0 aliphatic carbocycles. The Kier molecular flexibility index (Phi) is 3.10. The van der Waals surface area contributed by atoms with E-state index in [-0.39, 0.29) is 5.56 Å². The van der Waals surface area contributed by atoms with Crippen molar-refractivity contribution in [3.63, 3.8) is 0 Å². The SMILES string of the molecule is O=C(O)c1cnccc1CCS. The molecule has 0 bridgehead atoms. The molecule has 3 nitrogen and oxygen atoms in total. The molecule has 0 aliphatic rings. The first-order valence-corrected chi connectivity index (χ1v) is 4.16. The van der Waals surface area contributed by atoms with E-state index in [9.17, 15) is 4.79 Å². The van der Waals surface area contributed by atoms with Crippen LogP contribution in [0, 0.1) is 0 Å². The van der Waals surface area contributed by atoms with Crippen LogP contribution in [-0.2, 0) is 6.42 Å². The third-order valence-corrected chi connectivity index (χ3v) is 1.75. The predicted molar refractivity (Wildman–Crippen MR) is 48.8 cm³/mol. The Morgan fingerprint density at radius 1 is 1.67 bits per heavy atom. The van der Waals surface area contributed by atoms with Crippen molar-refractivity contribution in [3.05, 3.63) is 29.6 Å². The second-order valence-corrected chi connectivity index (χ2v) is 2.76. The fraction of sp³-hybridized carbons (Fsp3) is 0.250. The molecule has 4 heteroatoms. The first kappa shape index (κ1) is 9.06. The highest BCUT2D eigenvalue weighted by atomic mass is 32.1. The van der Waals surface area contributed by atoms with Gasteiger partial charge in [0.1, 0.15) is 0 Å². The number of aromatic carboxylic acids is 1. The van der Waals surface area contributed by atoms with Crippen LogP contribution < -0.4 is 0 Å². The molecule has 0 amide bonds. The lowest BCUT2D eigenvalue weighted by Crippen LogP contribution is -2.03. The molecule has 0 fully saturated rings. The van der Waals surface area contributed by atoms with Crippen LogP contribution in [0.2, 0.25) is 0 Å². The zero-order valence-electron chi connectivity index (χ0n) is 6.40. The lowest BCUT2D eigenvalue weighted by atomic mass is 10.1. The van der Waals surface area contributed by atoms with E-state index in [2.05, 4.69) is 17.6 Å². The van der Waals surface area contributed by atoms with Crippen LogP contribution in [0.4, 0.5) is 0 Å². The standard InChI is InChI=1S/C8H9NO2S/c10-8(11)7-5-9-3-1-6(7)2-4-12/h1,3,5,12H,2,4H2,(H,10,11). The van der Waals surface area contributed by atoms with Crippen LogP contribution in [0.5, 0.6) is 0 Å². The van der Waals surface area contributed by atoms with Crippen molar-refractivity contribution in [1.29, 1.82) is 0 Å². The van der Waals surface area contributed by atoms with E-state index >= 15 is 0 Å². The van der Waals surface area contributed by atoms with Crippen LogP contribution in [0.15, 0.2) is 18.5 Å². The number of aryl methyl sites for hydroxylation is 1. The summed E-state index contributed by atoms with van der Waals surface area (Å²) in [5.74, 6) is -0.288. The smallest absolute Gasteiger partial charge is 0.337 e. The van der Waals surface area contributed by atoms with E-state index in [1.54, 1.807) is 12.3 Å². The van der Waals surface area contributed by atoms with Crippen molar-refractivity contribution in [2.45, 2.75) is 6.42 Å². The van der Waals surface area contributed by atoms with Gasteiger partial charge in [-0.3, -0.25) is 4.98 Å². The van der Waals surface area contributed by atoms with Crippen molar-refractivity contribution in [3.8, 4) is 0 Å². The van der Waals surface area contributed by atoms with Crippen LogP contribution in [0.1, 0.15) is 15.9 Å². The Labute approximate surface area is 75.9 Å². The number of thiol groups is 1. The zero-order valence-corrected chi connectivity index (χ0v) is 7.29. The molecule has 0 saturated carbocycles. The van der Waals surface area contributed by atoms with E-state index in [0.717, 1.165) is 5.56 Å². The Morgan fingerprint density at radius 2 is 2.42 bits per heavy atom. The minimum atomic E-state index is -0.931. The summed E-state index contributed by atoms with van der Waals surface area (Å²) < 4.78 is 0. The number of aromatic nitrogens is 1. The molecule has 1 aromatic heterocycles. The zero-order chi connectivity index (χ0) is 8.97. The van der Waals surface area contributed by atoms with Gasteiger partial charge in [0, 0.05) is 12.4 Å².